The summed E-state index contributed by atoms with van der Waals surface area (Å²) in [6.07, 6.45) is 1.22. The topological polar surface area (TPSA) is 82.5 Å². The van der Waals surface area contributed by atoms with E-state index in [2.05, 4.69) is 10.3 Å². The standard InChI is InChI=1S/C18H16FN3O4/c1-25-12-4-6-14(16(8-12)26-2)21-17(23)9-22-10-20-15-7-11(19)3-5-13(15)18(22)24/h3-8,10H,9H2,1-2H3,(H,21,23). The second kappa shape index (κ2) is 7.22. The van der Waals surface area contributed by atoms with Gasteiger partial charge in [0.05, 0.1) is 37.1 Å². The van der Waals surface area contributed by atoms with Crippen molar-refractivity contribution in [2.45, 2.75) is 6.54 Å². The molecule has 134 valence electrons. The van der Waals surface area contributed by atoms with E-state index in [0.29, 0.717) is 17.2 Å². The Kier molecular flexibility index (Phi) is 4.83. The maximum Gasteiger partial charge on any atom is 0.261 e. The zero-order chi connectivity index (χ0) is 18.7. The van der Waals surface area contributed by atoms with Gasteiger partial charge in [0.15, 0.2) is 0 Å². The number of amides is 1. The van der Waals surface area contributed by atoms with Crippen LogP contribution >= 0.6 is 0 Å². The van der Waals surface area contributed by atoms with Crippen LogP contribution in [-0.4, -0.2) is 29.7 Å². The molecule has 1 N–H and O–H groups in total. The van der Waals surface area contributed by atoms with E-state index in [4.69, 9.17) is 9.47 Å². The second-order valence-electron chi connectivity index (χ2n) is 5.45. The number of hydrogen-bond donors (Lipinski definition) is 1. The minimum atomic E-state index is -0.480. The zero-order valence-corrected chi connectivity index (χ0v) is 14.2. The Hall–Kier alpha value is -3.42. The average molecular weight is 357 g/mol. The molecule has 0 fully saturated rings. The van der Waals surface area contributed by atoms with Crippen molar-refractivity contribution in [2.75, 3.05) is 19.5 Å². The molecule has 0 radical (unpaired) electrons. The number of carbonyl (C=O) groups excluding carboxylic acids is 1. The van der Waals surface area contributed by atoms with E-state index in [9.17, 15) is 14.0 Å². The summed E-state index contributed by atoms with van der Waals surface area (Å²) >= 11 is 0. The minimum Gasteiger partial charge on any atom is -0.497 e. The van der Waals surface area contributed by atoms with Crippen molar-refractivity contribution in [2.24, 2.45) is 0 Å². The molecule has 0 bridgehead atoms. The lowest BCUT2D eigenvalue weighted by Gasteiger charge is -2.12. The number of carbonyl (C=O) groups is 1. The molecule has 8 heteroatoms. The van der Waals surface area contributed by atoms with Gasteiger partial charge in [0.25, 0.3) is 5.56 Å². The summed E-state index contributed by atoms with van der Waals surface area (Å²) in [6, 6.07) is 8.65. The highest BCUT2D eigenvalue weighted by atomic mass is 19.1. The molecule has 1 amide bonds. The van der Waals surface area contributed by atoms with Gasteiger partial charge in [-0.1, -0.05) is 0 Å². The van der Waals surface area contributed by atoms with Crippen LogP contribution in [-0.2, 0) is 11.3 Å². The van der Waals surface area contributed by atoms with E-state index in [1.54, 1.807) is 18.2 Å². The first-order valence-corrected chi connectivity index (χ1v) is 7.68. The predicted molar refractivity (Wildman–Crippen MR) is 94.1 cm³/mol. The van der Waals surface area contributed by atoms with E-state index in [-0.39, 0.29) is 17.4 Å². The van der Waals surface area contributed by atoms with Crippen LogP contribution in [0.3, 0.4) is 0 Å². The number of aromatic nitrogens is 2. The summed E-state index contributed by atoms with van der Waals surface area (Å²) in [5.41, 5.74) is 0.262. The van der Waals surface area contributed by atoms with Crippen molar-refractivity contribution >= 4 is 22.5 Å². The Bertz CT molecular complexity index is 1030. The SMILES string of the molecule is COc1ccc(NC(=O)Cn2cnc3cc(F)ccc3c2=O)c(OC)c1. The third-order valence-electron chi connectivity index (χ3n) is 3.78. The van der Waals surface area contributed by atoms with Crippen LogP contribution in [0.5, 0.6) is 11.5 Å². The molecule has 1 heterocycles. The van der Waals surface area contributed by atoms with Crippen molar-refractivity contribution < 1.29 is 18.7 Å². The molecule has 0 aliphatic heterocycles. The summed E-state index contributed by atoms with van der Waals surface area (Å²) in [5.74, 6) is 0.101. The Morgan fingerprint density at radius 1 is 1.19 bits per heavy atom. The van der Waals surface area contributed by atoms with Crippen LogP contribution in [0.4, 0.5) is 10.1 Å². The van der Waals surface area contributed by atoms with Gasteiger partial charge in [-0.3, -0.25) is 14.2 Å². The van der Waals surface area contributed by atoms with Gasteiger partial charge in [-0.2, -0.15) is 0 Å². The smallest absolute Gasteiger partial charge is 0.261 e. The number of nitrogens with zero attached hydrogens (tertiary/aromatic N) is 2. The monoisotopic (exact) mass is 357 g/mol. The number of fused-ring (bicyclic) bond motifs is 1. The summed E-state index contributed by atoms with van der Waals surface area (Å²) in [6.45, 7) is -0.242. The molecule has 0 aliphatic rings. The fraction of sp³-hybridized carbons (Fsp3) is 0.167. The molecule has 0 aliphatic carbocycles. The normalized spacial score (nSPS) is 10.6. The van der Waals surface area contributed by atoms with E-state index in [1.165, 1.54) is 38.7 Å². The quantitative estimate of drug-likeness (QED) is 0.757. The number of ether oxygens (including phenoxy) is 2. The third-order valence-corrected chi connectivity index (χ3v) is 3.78. The molecule has 0 saturated heterocycles. The summed E-state index contributed by atoms with van der Waals surface area (Å²) in [5, 5.41) is 2.92. The van der Waals surface area contributed by atoms with Crippen molar-refractivity contribution in [3.8, 4) is 11.5 Å². The van der Waals surface area contributed by atoms with Crippen LogP contribution in [0.15, 0.2) is 47.5 Å². The average Bonchev–Trinajstić information content (AvgIpc) is 2.64. The number of halogens is 1. The first kappa shape index (κ1) is 17.4. The molecule has 1 aromatic heterocycles. The molecule has 2 aromatic carbocycles. The van der Waals surface area contributed by atoms with E-state index < -0.39 is 17.3 Å². The van der Waals surface area contributed by atoms with Crippen LogP contribution < -0.4 is 20.3 Å². The molecule has 3 rings (SSSR count). The molecular formula is C18H16FN3O4. The molecule has 0 unspecified atom stereocenters. The van der Waals surface area contributed by atoms with E-state index in [1.807, 2.05) is 0 Å². The Morgan fingerprint density at radius 3 is 2.73 bits per heavy atom. The molecule has 0 spiro atoms. The number of rotatable bonds is 5. The first-order chi connectivity index (χ1) is 12.5. The van der Waals surface area contributed by atoms with Gasteiger partial charge in [-0.05, 0) is 24.3 Å². The fourth-order valence-electron chi connectivity index (χ4n) is 2.49. The van der Waals surface area contributed by atoms with E-state index in [0.717, 1.165) is 4.57 Å². The summed E-state index contributed by atoms with van der Waals surface area (Å²) in [7, 11) is 3.00. The number of benzene rings is 2. The Morgan fingerprint density at radius 2 is 2.00 bits per heavy atom. The molecule has 3 aromatic rings. The lowest BCUT2D eigenvalue weighted by atomic mass is 10.2. The Balaban J connectivity index is 1.82. The lowest BCUT2D eigenvalue weighted by Crippen LogP contribution is -2.28. The molecular weight excluding hydrogens is 341 g/mol. The maximum absolute atomic E-state index is 13.2. The van der Waals surface area contributed by atoms with Gasteiger partial charge in [-0.25, -0.2) is 9.37 Å². The highest BCUT2D eigenvalue weighted by Crippen LogP contribution is 2.28. The number of methoxy groups -OCH3 is 2. The fourth-order valence-corrected chi connectivity index (χ4v) is 2.49. The Labute approximate surface area is 148 Å². The van der Waals surface area contributed by atoms with Gasteiger partial charge >= 0.3 is 0 Å². The van der Waals surface area contributed by atoms with Crippen LogP contribution in [0.25, 0.3) is 10.9 Å². The van der Waals surface area contributed by atoms with Crippen molar-refractivity contribution in [1.29, 1.82) is 0 Å². The highest BCUT2D eigenvalue weighted by Gasteiger charge is 2.12. The van der Waals surface area contributed by atoms with Crippen molar-refractivity contribution in [3.63, 3.8) is 0 Å². The summed E-state index contributed by atoms with van der Waals surface area (Å²) in [4.78, 5) is 28.7. The van der Waals surface area contributed by atoms with Gasteiger partial charge in [-0.15, -0.1) is 0 Å². The predicted octanol–water partition coefficient (Wildman–Crippen LogP) is 2.19. The van der Waals surface area contributed by atoms with Gasteiger partial charge < -0.3 is 14.8 Å². The molecule has 0 saturated carbocycles. The minimum absolute atomic E-state index is 0.239. The summed E-state index contributed by atoms with van der Waals surface area (Å²) < 4.78 is 24.7. The van der Waals surface area contributed by atoms with Gasteiger partial charge in [0.2, 0.25) is 5.91 Å². The second-order valence-corrected chi connectivity index (χ2v) is 5.45. The lowest BCUT2D eigenvalue weighted by molar-refractivity contribution is -0.116. The number of anilines is 1. The number of hydrogen-bond acceptors (Lipinski definition) is 5. The first-order valence-electron chi connectivity index (χ1n) is 7.68. The van der Waals surface area contributed by atoms with Crippen LogP contribution in [0.1, 0.15) is 0 Å². The van der Waals surface area contributed by atoms with E-state index >= 15 is 0 Å². The zero-order valence-electron chi connectivity index (χ0n) is 14.2. The van der Waals surface area contributed by atoms with Crippen molar-refractivity contribution in [3.05, 3.63) is 58.9 Å². The largest absolute Gasteiger partial charge is 0.497 e. The number of nitrogens with one attached hydrogen (secondary N) is 1. The molecule has 26 heavy (non-hydrogen) atoms. The molecule has 0 atom stereocenters. The van der Waals surface area contributed by atoms with Crippen molar-refractivity contribution in [1.82, 2.24) is 9.55 Å². The molecule has 7 nitrogen and oxygen atoms in total. The maximum atomic E-state index is 13.2. The van der Waals surface area contributed by atoms with Crippen LogP contribution in [0, 0.1) is 5.82 Å². The van der Waals surface area contributed by atoms with Gasteiger partial charge in [0, 0.05) is 12.1 Å². The highest BCUT2D eigenvalue weighted by molar-refractivity contribution is 5.92. The third kappa shape index (κ3) is 3.49. The van der Waals surface area contributed by atoms with Gasteiger partial charge in [0.1, 0.15) is 23.9 Å². The van der Waals surface area contributed by atoms with Crippen LogP contribution in [0.2, 0.25) is 0 Å².